The molecule has 2 amide bonds. The summed E-state index contributed by atoms with van der Waals surface area (Å²) in [5.74, 6) is -0.0149. The second kappa shape index (κ2) is 10.4. The molecule has 0 unspecified atom stereocenters. The quantitative estimate of drug-likeness (QED) is 0.674. The predicted molar refractivity (Wildman–Crippen MR) is 118 cm³/mol. The third kappa shape index (κ3) is 6.34. The maximum atomic E-state index is 13.3. The normalized spacial score (nSPS) is 14.5. The van der Waals surface area contributed by atoms with Crippen LogP contribution in [0.25, 0.3) is 0 Å². The van der Waals surface area contributed by atoms with Crippen LogP contribution in [-0.2, 0) is 6.18 Å². The Kier molecular flexibility index (Phi) is 7.78. The fourth-order valence-corrected chi connectivity index (χ4v) is 3.60. The van der Waals surface area contributed by atoms with Gasteiger partial charge in [0.25, 0.3) is 11.8 Å². The Bertz CT molecular complexity index is 991. The second-order valence-corrected chi connectivity index (χ2v) is 8.62. The summed E-state index contributed by atoms with van der Waals surface area (Å²) in [5.41, 5.74) is -1.26. The summed E-state index contributed by atoms with van der Waals surface area (Å²) in [6.07, 6.45) is -3.80. The fourth-order valence-electron chi connectivity index (χ4n) is 3.43. The van der Waals surface area contributed by atoms with E-state index < -0.39 is 23.2 Å². The molecule has 7 nitrogen and oxygen atoms in total. The van der Waals surface area contributed by atoms with Crippen LogP contribution >= 0.6 is 11.6 Å². The highest BCUT2D eigenvalue weighted by atomic mass is 35.5. The highest BCUT2D eigenvalue weighted by Gasteiger charge is 2.37. The van der Waals surface area contributed by atoms with Gasteiger partial charge in [-0.05, 0) is 42.7 Å². The monoisotopic (exact) mass is 483 g/mol. The zero-order chi connectivity index (χ0) is 24.2. The van der Waals surface area contributed by atoms with Gasteiger partial charge in [0.05, 0.1) is 11.1 Å². The lowest BCUT2D eigenvalue weighted by molar-refractivity contribution is -0.138. The summed E-state index contributed by atoms with van der Waals surface area (Å²) in [6.45, 7) is 5.84. The molecule has 1 fully saturated rings. The topological polar surface area (TPSA) is 78.4 Å². The summed E-state index contributed by atoms with van der Waals surface area (Å²) in [5, 5.41) is 10.9. The summed E-state index contributed by atoms with van der Waals surface area (Å²) >= 11 is 5.84. The molecule has 2 heterocycles. The number of benzene rings is 1. The Labute approximate surface area is 194 Å². The van der Waals surface area contributed by atoms with Gasteiger partial charge in [0.15, 0.2) is 11.5 Å². The molecule has 33 heavy (non-hydrogen) atoms. The standard InChI is InChI=1S/C22H25ClF3N5O2/c1-14(2)7-8-27-20(32)18-5-6-19(29-28-18)30-9-11-31(12-10-30)21(33)16-13-15(23)3-4-17(16)22(24,25)26/h3-6,13-14H,7-12H2,1-2H3,(H,27,32). The van der Waals surface area contributed by atoms with Gasteiger partial charge in [-0.1, -0.05) is 25.4 Å². The summed E-state index contributed by atoms with van der Waals surface area (Å²) in [7, 11) is 0. The van der Waals surface area contributed by atoms with Gasteiger partial charge in [-0.15, -0.1) is 10.2 Å². The number of alkyl halides is 3. The van der Waals surface area contributed by atoms with Crippen molar-refractivity contribution in [1.29, 1.82) is 0 Å². The fraction of sp³-hybridized carbons (Fsp3) is 0.455. The lowest BCUT2D eigenvalue weighted by Gasteiger charge is -2.35. The number of piperazine rings is 1. The van der Waals surface area contributed by atoms with Gasteiger partial charge in [0.1, 0.15) is 0 Å². The van der Waals surface area contributed by atoms with Gasteiger partial charge in [-0.25, -0.2) is 0 Å². The molecule has 0 atom stereocenters. The number of carbonyl (C=O) groups is 2. The summed E-state index contributed by atoms with van der Waals surface area (Å²) in [6, 6.07) is 6.23. The van der Waals surface area contributed by atoms with E-state index in [0.29, 0.717) is 31.4 Å². The van der Waals surface area contributed by atoms with Crippen LogP contribution in [0, 0.1) is 5.92 Å². The highest BCUT2D eigenvalue weighted by Crippen LogP contribution is 2.34. The van der Waals surface area contributed by atoms with Gasteiger partial charge < -0.3 is 15.1 Å². The average molecular weight is 484 g/mol. The first-order chi connectivity index (χ1) is 15.6. The van der Waals surface area contributed by atoms with Crippen molar-refractivity contribution in [3.63, 3.8) is 0 Å². The molecule has 0 saturated carbocycles. The van der Waals surface area contributed by atoms with Gasteiger partial charge in [-0.2, -0.15) is 13.2 Å². The Balaban J connectivity index is 1.61. The molecule has 178 valence electrons. The third-order valence-corrected chi connectivity index (χ3v) is 5.53. The molecule has 1 N–H and O–H groups in total. The lowest BCUT2D eigenvalue weighted by atomic mass is 10.1. The van der Waals surface area contributed by atoms with Crippen LogP contribution < -0.4 is 10.2 Å². The molecule has 0 aliphatic carbocycles. The minimum Gasteiger partial charge on any atom is -0.352 e. The van der Waals surface area contributed by atoms with Crippen LogP contribution in [0.2, 0.25) is 5.02 Å². The van der Waals surface area contributed by atoms with Crippen molar-refractivity contribution in [1.82, 2.24) is 20.4 Å². The SMILES string of the molecule is CC(C)CCNC(=O)c1ccc(N2CCN(C(=O)c3cc(Cl)ccc3C(F)(F)F)CC2)nn1. The second-order valence-electron chi connectivity index (χ2n) is 8.18. The Morgan fingerprint density at radius 3 is 2.36 bits per heavy atom. The summed E-state index contributed by atoms with van der Waals surface area (Å²) in [4.78, 5) is 28.1. The van der Waals surface area contributed by atoms with E-state index in [1.165, 1.54) is 4.90 Å². The number of halogens is 4. The molecular weight excluding hydrogens is 459 g/mol. The largest absolute Gasteiger partial charge is 0.417 e. The molecular formula is C22H25ClF3N5O2. The van der Waals surface area contributed by atoms with E-state index in [1.54, 1.807) is 12.1 Å². The van der Waals surface area contributed by atoms with Gasteiger partial charge >= 0.3 is 6.18 Å². The van der Waals surface area contributed by atoms with Gasteiger partial charge in [-0.3, -0.25) is 9.59 Å². The zero-order valence-electron chi connectivity index (χ0n) is 18.3. The number of nitrogens with one attached hydrogen (secondary N) is 1. The Morgan fingerprint density at radius 2 is 1.79 bits per heavy atom. The molecule has 1 aliphatic heterocycles. The van der Waals surface area contributed by atoms with E-state index in [1.807, 2.05) is 4.90 Å². The molecule has 1 aromatic heterocycles. The molecule has 2 aromatic rings. The minimum absolute atomic E-state index is 0.0635. The van der Waals surface area contributed by atoms with Crippen LogP contribution in [0.3, 0.4) is 0 Å². The van der Waals surface area contributed by atoms with Gasteiger partial charge in [0.2, 0.25) is 0 Å². The van der Waals surface area contributed by atoms with Crippen LogP contribution in [0.15, 0.2) is 30.3 Å². The molecule has 0 radical (unpaired) electrons. The number of rotatable bonds is 6. The van der Waals surface area contributed by atoms with Crippen molar-refractivity contribution in [2.75, 3.05) is 37.6 Å². The first kappa shape index (κ1) is 24.8. The van der Waals surface area contributed by atoms with Gasteiger partial charge in [0, 0.05) is 37.7 Å². The maximum absolute atomic E-state index is 13.3. The number of nitrogens with zero attached hydrogens (tertiary/aromatic N) is 4. The van der Waals surface area contributed by atoms with Crippen molar-refractivity contribution in [3.8, 4) is 0 Å². The average Bonchev–Trinajstić information content (AvgIpc) is 2.77. The van der Waals surface area contributed by atoms with E-state index in [-0.39, 0.29) is 29.7 Å². The number of aromatic nitrogens is 2. The van der Waals surface area contributed by atoms with E-state index in [4.69, 9.17) is 11.6 Å². The first-order valence-electron chi connectivity index (χ1n) is 10.6. The lowest BCUT2D eigenvalue weighted by Crippen LogP contribution is -2.49. The van der Waals surface area contributed by atoms with Crippen molar-refractivity contribution in [2.45, 2.75) is 26.4 Å². The van der Waals surface area contributed by atoms with E-state index >= 15 is 0 Å². The predicted octanol–water partition coefficient (Wildman–Crippen LogP) is 3.89. The van der Waals surface area contributed by atoms with Crippen molar-refractivity contribution in [3.05, 3.63) is 52.2 Å². The number of hydrogen-bond donors (Lipinski definition) is 1. The van der Waals surface area contributed by atoms with E-state index in [2.05, 4.69) is 29.4 Å². The molecule has 0 bridgehead atoms. The minimum atomic E-state index is -4.66. The summed E-state index contributed by atoms with van der Waals surface area (Å²) < 4.78 is 40.0. The maximum Gasteiger partial charge on any atom is 0.417 e. The van der Waals surface area contributed by atoms with Crippen molar-refractivity contribution >= 4 is 29.2 Å². The number of amides is 2. The molecule has 3 rings (SSSR count). The molecule has 1 aliphatic rings. The molecule has 0 spiro atoms. The molecule has 11 heteroatoms. The van der Waals surface area contributed by atoms with Crippen molar-refractivity contribution in [2.24, 2.45) is 5.92 Å². The Morgan fingerprint density at radius 1 is 1.09 bits per heavy atom. The smallest absolute Gasteiger partial charge is 0.352 e. The van der Waals surface area contributed by atoms with E-state index in [9.17, 15) is 22.8 Å². The van der Waals surface area contributed by atoms with Crippen LogP contribution in [0.4, 0.5) is 19.0 Å². The van der Waals surface area contributed by atoms with Crippen LogP contribution in [-0.4, -0.2) is 59.6 Å². The zero-order valence-corrected chi connectivity index (χ0v) is 19.1. The number of carbonyl (C=O) groups excluding carboxylic acids is 2. The first-order valence-corrected chi connectivity index (χ1v) is 11.0. The number of anilines is 1. The van der Waals surface area contributed by atoms with Crippen LogP contribution in [0.5, 0.6) is 0 Å². The third-order valence-electron chi connectivity index (χ3n) is 5.30. The molecule has 1 aromatic carbocycles. The highest BCUT2D eigenvalue weighted by molar-refractivity contribution is 6.31. The Hall–Kier alpha value is -2.88. The van der Waals surface area contributed by atoms with Crippen molar-refractivity contribution < 1.29 is 22.8 Å². The van der Waals surface area contributed by atoms with E-state index in [0.717, 1.165) is 24.6 Å². The van der Waals surface area contributed by atoms with Crippen LogP contribution in [0.1, 0.15) is 46.7 Å². The number of hydrogen-bond acceptors (Lipinski definition) is 5. The molecule has 1 saturated heterocycles.